The monoisotopic (exact) mass is 519 g/mol. The largest absolute Gasteiger partial charge is 0.466 e. The van der Waals surface area contributed by atoms with Gasteiger partial charge in [0.1, 0.15) is 5.82 Å². The molecule has 198 valence electrons. The van der Waals surface area contributed by atoms with Crippen molar-refractivity contribution in [1.29, 1.82) is 0 Å². The van der Waals surface area contributed by atoms with Crippen LogP contribution >= 0.6 is 11.6 Å². The highest BCUT2D eigenvalue weighted by molar-refractivity contribution is 6.30. The quantitative estimate of drug-likeness (QED) is 0.338. The first-order valence-electron chi connectivity index (χ1n) is 13.0. The summed E-state index contributed by atoms with van der Waals surface area (Å²) < 4.78 is 25.2. The number of carbonyl (C=O) groups excluding carboxylic acids is 1. The Morgan fingerprint density at radius 1 is 1.25 bits per heavy atom. The summed E-state index contributed by atoms with van der Waals surface area (Å²) in [6.45, 7) is 7.60. The highest BCUT2D eigenvalue weighted by Gasteiger charge is 2.27. The van der Waals surface area contributed by atoms with E-state index < -0.39 is 6.10 Å². The molecule has 0 amide bonds. The number of aliphatic hydroxyl groups excluding tert-OH is 1. The summed E-state index contributed by atoms with van der Waals surface area (Å²) in [7, 11) is 0. The van der Waals surface area contributed by atoms with Crippen molar-refractivity contribution in [2.24, 2.45) is 0 Å². The predicted molar refractivity (Wildman–Crippen MR) is 141 cm³/mol. The average Bonchev–Trinajstić information content (AvgIpc) is 3.27. The van der Waals surface area contributed by atoms with E-state index in [1.807, 2.05) is 37.3 Å². The van der Waals surface area contributed by atoms with E-state index >= 15 is 0 Å². The van der Waals surface area contributed by atoms with Gasteiger partial charge in [-0.3, -0.25) is 9.69 Å². The zero-order valence-electron chi connectivity index (χ0n) is 21.6. The van der Waals surface area contributed by atoms with Crippen LogP contribution in [0.5, 0.6) is 0 Å². The number of likely N-dealkylation sites (tertiary alicyclic amines) is 1. The first-order chi connectivity index (χ1) is 17.3. The van der Waals surface area contributed by atoms with E-state index in [4.69, 9.17) is 21.1 Å². The Morgan fingerprint density at radius 3 is 2.78 bits per heavy atom. The third-order valence-electron chi connectivity index (χ3n) is 6.87. The number of esters is 1. The summed E-state index contributed by atoms with van der Waals surface area (Å²) in [5.74, 6) is -0.393. The van der Waals surface area contributed by atoms with Crippen molar-refractivity contribution in [1.82, 2.24) is 4.90 Å². The Morgan fingerprint density at radius 2 is 2.06 bits per heavy atom. The second kappa shape index (κ2) is 14.1. The zero-order valence-corrected chi connectivity index (χ0v) is 22.4. The molecule has 1 fully saturated rings. The summed E-state index contributed by atoms with van der Waals surface area (Å²) in [6.07, 6.45) is 3.55. The van der Waals surface area contributed by atoms with Gasteiger partial charge in [0, 0.05) is 24.0 Å². The summed E-state index contributed by atoms with van der Waals surface area (Å²) in [4.78, 5) is 14.1. The summed E-state index contributed by atoms with van der Waals surface area (Å²) in [5.41, 5.74) is 3.59. The van der Waals surface area contributed by atoms with Crippen molar-refractivity contribution in [3.8, 4) is 0 Å². The standard InChI is InChI=1S/C29H39ClFNO4/c1-4-28(26-17-23(30)12-10-22(26)11-13-29(34)35-5-2)36-19-25(33)18-32-14-6-7-24(32)15-21-9-8-20(3)27(31)16-21/h8-10,12,16-17,24-25,28,33H,4-7,11,13-15,18-19H2,1-3H3/t24-,25+,28+/m0/s1. The van der Waals surface area contributed by atoms with Gasteiger partial charge in [0.15, 0.2) is 0 Å². The minimum Gasteiger partial charge on any atom is -0.466 e. The van der Waals surface area contributed by atoms with Gasteiger partial charge in [-0.1, -0.05) is 36.7 Å². The molecule has 1 saturated heterocycles. The molecule has 2 aromatic carbocycles. The molecule has 0 saturated carbocycles. The van der Waals surface area contributed by atoms with Gasteiger partial charge in [0.05, 0.1) is 25.4 Å². The number of β-amino-alcohol motifs (C(OH)–C–C–N with tert-alkyl or cyclic N) is 1. The van der Waals surface area contributed by atoms with Gasteiger partial charge in [-0.05, 0) is 92.9 Å². The topological polar surface area (TPSA) is 59.0 Å². The average molecular weight is 520 g/mol. The molecule has 0 aliphatic carbocycles. The number of aliphatic hydroxyl groups is 1. The van der Waals surface area contributed by atoms with Crippen LogP contribution in [0, 0.1) is 12.7 Å². The van der Waals surface area contributed by atoms with Crippen LogP contribution in [0.3, 0.4) is 0 Å². The van der Waals surface area contributed by atoms with Gasteiger partial charge >= 0.3 is 5.97 Å². The molecule has 1 heterocycles. The second-order valence-corrected chi connectivity index (χ2v) is 10.0. The molecule has 1 aliphatic heterocycles. The zero-order chi connectivity index (χ0) is 26.1. The van der Waals surface area contributed by atoms with E-state index in [-0.39, 0.29) is 30.5 Å². The van der Waals surface area contributed by atoms with E-state index in [2.05, 4.69) is 4.90 Å². The molecular weight excluding hydrogens is 481 g/mol. The molecule has 36 heavy (non-hydrogen) atoms. The molecule has 0 unspecified atom stereocenters. The fourth-order valence-electron chi connectivity index (χ4n) is 4.94. The van der Waals surface area contributed by atoms with Crippen molar-refractivity contribution in [3.63, 3.8) is 0 Å². The van der Waals surface area contributed by atoms with Gasteiger partial charge in [0.25, 0.3) is 0 Å². The highest BCUT2D eigenvalue weighted by Crippen LogP contribution is 2.29. The van der Waals surface area contributed by atoms with Crippen LogP contribution in [0.2, 0.25) is 5.02 Å². The molecular formula is C29H39ClFNO4. The number of carbonyl (C=O) groups is 1. The first kappa shape index (κ1) is 28.6. The van der Waals surface area contributed by atoms with Crippen molar-refractivity contribution >= 4 is 17.6 Å². The van der Waals surface area contributed by atoms with Crippen molar-refractivity contribution in [2.75, 3.05) is 26.3 Å². The van der Waals surface area contributed by atoms with Gasteiger partial charge < -0.3 is 14.6 Å². The van der Waals surface area contributed by atoms with Gasteiger partial charge in [0.2, 0.25) is 0 Å². The van der Waals surface area contributed by atoms with Crippen LogP contribution in [0.15, 0.2) is 36.4 Å². The fourth-order valence-corrected chi connectivity index (χ4v) is 5.12. The Kier molecular flexibility index (Phi) is 11.2. The maximum absolute atomic E-state index is 14.0. The molecule has 1 N–H and O–H groups in total. The number of aryl methyl sites for hydroxylation is 2. The van der Waals surface area contributed by atoms with E-state index in [1.54, 1.807) is 19.9 Å². The number of hydrogen-bond acceptors (Lipinski definition) is 5. The van der Waals surface area contributed by atoms with E-state index in [1.165, 1.54) is 0 Å². The number of nitrogens with zero attached hydrogens (tertiary/aromatic N) is 1. The van der Waals surface area contributed by atoms with Crippen molar-refractivity contribution in [3.05, 3.63) is 69.5 Å². The Balaban J connectivity index is 1.57. The maximum atomic E-state index is 14.0. The molecule has 3 rings (SSSR count). The number of benzene rings is 2. The molecule has 0 spiro atoms. The number of hydrogen-bond donors (Lipinski definition) is 1. The van der Waals surface area contributed by atoms with Gasteiger partial charge in [-0.2, -0.15) is 0 Å². The van der Waals surface area contributed by atoms with Crippen LogP contribution in [0.25, 0.3) is 0 Å². The number of ether oxygens (including phenoxy) is 2. The lowest BCUT2D eigenvalue weighted by Crippen LogP contribution is -2.39. The van der Waals surface area contributed by atoms with Crippen molar-refractivity contribution < 1.29 is 23.8 Å². The third kappa shape index (κ3) is 8.27. The lowest BCUT2D eigenvalue weighted by atomic mass is 9.97. The third-order valence-corrected chi connectivity index (χ3v) is 7.11. The minimum atomic E-state index is -0.642. The van der Waals surface area contributed by atoms with Crippen molar-refractivity contribution in [2.45, 2.75) is 77.5 Å². The summed E-state index contributed by atoms with van der Waals surface area (Å²) in [5, 5.41) is 11.4. The lowest BCUT2D eigenvalue weighted by Gasteiger charge is -2.28. The number of halogens is 2. The van der Waals surface area contributed by atoms with E-state index in [0.29, 0.717) is 43.0 Å². The van der Waals surface area contributed by atoms with Crippen LogP contribution in [-0.4, -0.2) is 54.4 Å². The summed E-state index contributed by atoms with van der Waals surface area (Å²) in [6, 6.07) is 11.4. The van der Waals surface area contributed by atoms with Crippen LogP contribution in [0.1, 0.15) is 67.9 Å². The van der Waals surface area contributed by atoms with E-state index in [9.17, 15) is 14.3 Å². The van der Waals surface area contributed by atoms with Gasteiger partial charge in [-0.25, -0.2) is 4.39 Å². The van der Waals surface area contributed by atoms with Crippen LogP contribution in [0.4, 0.5) is 4.39 Å². The van der Waals surface area contributed by atoms with Crippen LogP contribution in [-0.2, 0) is 27.1 Å². The molecule has 1 aliphatic rings. The molecule has 3 atom stereocenters. The minimum absolute atomic E-state index is 0.168. The molecule has 0 bridgehead atoms. The van der Waals surface area contributed by atoms with Crippen LogP contribution < -0.4 is 0 Å². The highest BCUT2D eigenvalue weighted by atomic mass is 35.5. The molecule has 2 aromatic rings. The molecule has 7 heteroatoms. The normalized spacial score (nSPS) is 17.8. The lowest BCUT2D eigenvalue weighted by molar-refractivity contribution is -0.143. The summed E-state index contributed by atoms with van der Waals surface area (Å²) >= 11 is 6.28. The molecule has 0 radical (unpaired) electrons. The SMILES string of the molecule is CCOC(=O)CCc1ccc(Cl)cc1[C@@H](CC)OC[C@H](O)CN1CCC[C@H]1Cc1ccc(C)c(F)c1. The number of rotatable bonds is 13. The smallest absolute Gasteiger partial charge is 0.306 e. The first-order valence-corrected chi connectivity index (χ1v) is 13.4. The second-order valence-electron chi connectivity index (χ2n) is 9.61. The Bertz CT molecular complexity index is 1000. The van der Waals surface area contributed by atoms with Gasteiger partial charge in [-0.15, -0.1) is 0 Å². The molecule has 5 nitrogen and oxygen atoms in total. The maximum Gasteiger partial charge on any atom is 0.306 e. The fraction of sp³-hybridized carbons (Fsp3) is 0.552. The predicted octanol–water partition coefficient (Wildman–Crippen LogP) is 5.82. The Labute approximate surface area is 219 Å². The van der Waals surface area contributed by atoms with E-state index in [0.717, 1.165) is 42.5 Å². The Hall–Kier alpha value is -1.99. The molecule has 0 aromatic heterocycles.